The number of thiocarbonyl (C=S) groups is 1. The smallest absolute Gasteiger partial charge is 0.237 e. The molecule has 0 heterocycles. The van der Waals surface area contributed by atoms with Crippen LogP contribution in [0.4, 0.5) is 10.1 Å². The maximum Gasteiger partial charge on any atom is 0.237 e. The Morgan fingerprint density at radius 3 is 2.42 bits per heavy atom. The Bertz CT molecular complexity index is 483. The van der Waals surface area contributed by atoms with Gasteiger partial charge in [-0.15, -0.1) is 0 Å². The van der Waals surface area contributed by atoms with Gasteiger partial charge in [-0.1, -0.05) is 37.7 Å². The minimum absolute atomic E-state index is 0.137. The standard InChI is InChI=1S/C13H16ClFN2OS/c1-3-13(4-2,11(16)19)12(18)17-10-6-8(14)5-9(15)7-10/h5-7H,3-4H2,1-2H3,(H2,16,19)(H,17,18). The van der Waals surface area contributed by atoms with E-state index in [-0.39, 0.29) is 21.6 Å². The molecule has 0 unspecified atom stereocenters. The molecule has 0 aromatic heterocycles. The van der Waals surface area contributed by atoms with E-state index in [1.807, 2.05) is 13.8 Å². The number of benzene rings is 1. The van der Waals surface area contributed by atoms with Crippen molar-refractivity contribution in [3.8, 4) is 0 Å². The number of nitrogens with two attached hydrogens (primary N) is 1. The zero-order chi connectivity index (χ0) is 14.6. The lowest BCUT2D eigenvalue weighted by molar-refractivity contribution is -0.122. The predicted molar refractivity (Wildman–Crippen MR) is 79.8 cm³/mol. The quantitative estimate of drug-likeness (QED) is 0.818. The number of hydrogen-bond acceptors (Lipinski definition) is 2. The van der Waals surface area contributed by atoms with Gasteiger partial charge in [-0.25, -0.2) is 4.39 Å². The molecular weight excluding hydrogens is 287 g/mol. The third-order valence-corrected chi connectivity index (χ3v) is 3.84. The summed E-state index contributed by atoms with van der Waals surface area (Å²) in [4.78, 5) is 12.5. The van der Waals surface area contributed by atoms with Gasteiger partial charge in [0.2, 0.25) is 5.91 Å². The molecule has 0 atom stereocenters. The summed E-state index contributed by atoms with van der Waals surface area (Å²) >= 11 is 10.7. The average Bonchev–Trinajstić information content (AvgIpc) is 2.29. The Labute approximate surface area is 122 Å². The maximum absolute atomic E-state index is 13.2. The minimum Gasteiger partial charge on any atom is -0.392 e. The maximum atomic E-state index is 13.2. The van der Waals surface area contributed by atoms with Crippen LogP contribution in [-0.2, 0) is 4.79 Å². The fourth-order valence-electron chi connectivity index (χ4n) is 1.91. The zero-order valence-corrected chi connectivity index (χ0v) is 12.4. The van der Waals surface area contributed by atoms with Crippen molar-refractivity contribution in [2.75, 3.05) is 5.32 Å². The van der Waals surface area contributed by atoms with Crippen LogP contribution in [0.25, 0.3) is 0 Å². The summed E-state index contributed by atoms with van der Waals surface area (Å²) in [5, 5.41) is 2.83. The third kappa shape index (κ3) is 3.42. The molecule has 1 rings (SSSR count). The summed E-state index contributed by atoms with van der Waals surface area (Å²) in [7, 11) is 0. The van der Waals surface area contributed by atoms with E-state index in [1.54, 1.807) is 0 Å². The molecule has 0 aliphatic rings. The van der Waals surface area contributed by atoms with Gasteiger partial charge in [0.1, 0.15) is 5.82 Å². The number of anilines is 1. The summed E-state index contributed by atoms with van der Waals surface area (Å²) < 4.78 is 13.2. The van der Waals surface area contributed by atoms with Crippen molar-refractivity contribution in [1.82, 2.24) is 0 Å². The molecule has 1 aromatic rings. The molecule has 0 aliphatic heterocycles. The van der Waals surface area contributed by atoms with E-state index in [1.165, 1.54) is 12.1 Å². The first-order chi connectivity index (χ1) is 8.85. The van der Waals surface area contributed by atoms with Crippen molar-refractivity contribution in [2.24, 2.45) is 11.1 Å². The first-order valence-electron chi connectivity index (χ1n) is 5.93. The average molecular weight is 303 g/mol. The van der Waals surface area contributed by atoms with Gasteiger partial charge in [0.15, 0.2) is 0 Å². The molecule has 19 heavy (non-hydrogen) atoms. The van der Waals surface area contributed by atoms with Crippen molar-refractivity contribution in [2.45, 2.75) is 26.7 Å². The first kappa shape index (κ1) is 15.9. The van der Waals surface area contributed by atoms with Crippen molar-refractivity contribution < 1.29 is 9.18 Å². The highest BCUT2D eigenvalue weighted by molar-refractivity contribution is 7.80. The van der Waals surface area contributed by atoms with Gasteiger partial charge in [-0.3, -0.25) is 4.79 Å². The van der Waals surface area contributed by atoms with E-state index in [4.69, 9.17) is 29.6 Å². The molecule has 0 radical (unpaired) electrons. The molecule has 104 valence electrons. The SMILES string of the molecule is CCC(CC)(C(=O)Nc1cc(F)cc(Cl)c1)C(N)=S. The van der Waals surface area contributed by atoms with Crippen LogP contribution in [-0.4, -0.2) is 10.9 Å². The Hall–Kier alpha value is -1.20. The van der Waals surface area contributed by atoms with E-state index in [2.05, 4.69) is 5.32 Å². The van der Waals surface area contributed by atoms with Crippen LogP contribution in [0.3, 0.4) is 0 Å². The largest absolute Gasteiger partial charge is 0.392 e. The van der Waals surface area contributed by atoms with Crippen molar-refractivity contribution >= 4 is 40.4 Å². The normalized spacial score (nSPS) is 11.2. The van der Waals surface area contributed by atoms with Crippen LogP contribution < -0.4 is 11.1 Å². The fourth-order valence-corrected chi connectivity index (χ4v) is 2.51. The summed E-state index contributed by atoms with van der Waals surface area (Å²) in [5.74, 6) is -0.858. The van der Waals surface area contributed by atoms with Crippen LogP contribution >= 0.6 is 23.8 Å². The van der Waals surface area contributed by atoms with Crippen molar-refractivity contribution in [1.29, 1.82) is 0 Å². The number of halogens is 2. The number of carbonyl (C=O) groups excluding carboxylic acids is 1. The Morgan fingerprint density at radius 1 is 1.42 bits per heavy atom. The lowest BCUT2D eigenvalue weighted by Crippen LogP contribution is -2.45. The number of hydrogen-bond donors (Lipinski definition) is 2. The highest BCUT2D eigenvalue weighted by Gasteiger charge is 2.38. The van der Waals surface area contributed by atoms with Gasteiger partial charge < -0.3 is 11.1 Å². The molecular formula is C13H16ClFN2OS. The first-order valence-corrected chi connectivity index (χ1v) is 6.71. The summed E-state index contributed by atoms with van der Waals surface area (Å²) in [6.07, 6.45) is 0.960. The monoisotopic (exact) mass is 302 g/mol. The number of rotatable bonds is 5. The minimum atomic E-state index is -0.922. The highest BCUT2D eigenvalue weighted by Crippen LogP contribution is 2.29. The molecule has 0 bridgehead atoms. The van der Waals surface area contributed by atoms with E-state index in [0.717, 1.165) is 6.07 Å². The van der Waals surface area contributed by atoms with Crippen molar-refractivity contribution in [3.05, 3.63) is 29.0 Å². The van der Waals surface area contributed by atoms with Gasteiger partial charge in [-0.05, 0) is 31.0 Å². The molecule has 0 aliphatic carbocycles. The molecule has 1 aromatic carbocycles. The van der Waals surface area contributed by atoms with Gasteiger partial charge in [0.25, 0.3) is 0 Å². The third-order valence-electron chi connectivity index (χ3n) is 3.23. The van der Waals surface area contributed by atoms with E-state index in [9.17, 15) is 9.18 Å². The van der Waals surface area contributed by atoms with Crippen LogP contribution in [0.2, 0.25) is 5.02 Å². The molecule has 3 nitrogen and oxygen atoms in total. The lowest BCUT2D eigenvalue weighted by atomic mass is 9.81. The topological polar surface area (TPSA) is 55.1 Å². The number of nitrogens with one attached hydrogen (secondary N) is 1. The molecule has 0 fully saturated rings. The van der Waals surface area contributed by atoms with Crippen LogP contribution in [0.15, 0.2) is 18.2 Å². The zero-order valence-electron chi connectivity index (χ0n) is 10.8. The van der Waals surface area contributed by atoms with Gasteiger partial charge in [0, 0.05) is 10.7 Å². The van der Waals surface area contributed by atoms with Crippen LogP contribution in [0.1, 0.15) is 26.7 Å². The molecule has 3 N–H and O–H groups in total. The molecule has 0 saturated carbocycles. The van der Waals surface area contributed by atoms with Crippen LogP contribution in [0.5, 0.6) is 0 Å². The summed E-state index contributed by atoms with van der Waals surface area (Å²) in [6, 6.07) is 3.83. The Balaban J connectivity index is 3.03. The second-order valence-electron chi connectivity index (χ2n) is 4.27. The van der Waals surface area contributed by atoms with Gasteiger partial charge >= 0.3 is 0 Å². The highest BCUT2D eigenvalue weighted by atomic mass is 35.5. The second kappa shape index (κ2) is 6.30. The van der Waals surface area contributed by atoms with E-state index < -0.39 is 11.2 Å². The van der Waals surface area contributed by atoms with Crippen molar-refractivity contribution in [3.63, 3.8) is 0 Å². The fraction of sp³-hybridized carbons (Fsp3) is 0.385. The molecule has 1 amide bonds. The summed E-state index contributed by atoms with van der Waals surface area (Å²) in [6.45, 7) is 3.67. The molecule has 0 saturated heterocycles. The van der Waals surface area contributed by atoms with Gasteiger partial charge in [-0.2, -0.15) is 0 Å². The van der Waals surface area contributed by atoms with E-state index >= 15 is 0 Å². The molecule has 0 spiro atoms. The second-order valence-corrected chi connectivity index (χ2v) is 5.14. The number of amides is 1. The predicted octanol–water partition coefficient (Wildman–Crippen LogP) is 3.51. The molecule has 6 heteroatoms. The number of carbonyl (C=O) groups is 1. The van der Waals surface area contributed by atoms with Crippen LogP contribution in [0, 0.1) is 11.2 Å². The van der Waals surface area contributed by atoms with Gasteiger partial charge in [0.05, 0.1) is 10.4 Å². The lowest BCUT2D eigenvalue weighted by Gasteiger charge is -2.28. The summed E-state index contributed by atoms with van der Waals surface area (Å²) in [5.41, 5.74) is 5.04. The Kier molecular flexibility index (Phi) is 5.26. The van der Waals surface area contributed by atoms with E-state index in [0.29, 0.717) is 12.8 Å². The Morgan fingerprint density at radius 2 is 2.00 bits per heavy atom.